The average Bonchev–Trinajstić information content (AvgIpc) is 3.34. The molecule has 0 bridgehead atoms. The molecular formula is C27H40F3N5O3S. The third-order valence-corrected chi connectivity index (χ3v) is 8.84. The summed E-state index contributed by atoms with van der Waals surface area (Å²) in [6.07, 6.45) is 8.89. The lowest BCUT2D eigenvalue weighted by Crippen LogP contribution is -2.59. The molecule has 1 saturated carbocycles. The van der Waals surface area contributed by atoms with Crippen molar-refractivity contribution < 1.29 is 27.7 Å². The van der Waals surface area contributed by atoms with Crippen molar-refractivity contribution in [3.8, 4) is 0 Å². The Hall–Kier alpha value is -2.28. The van der Waals surface area contributed by atoms with E-state index in [-0.39, 0.29) is 11.4 Å². The van der Waals surface area contributed by atoms with Crippen molar-refractivity contribution in [1.29, 1.82) is 0 Å². The summed E-state index contributed by atoms with van der Waals surface area (Å²) in [7, 11) is -1.23. The summed E-state index contributed by atoms with van der Waals surface area (Å²) in [4.78, 5) is 19.7. The number of hydrogen-bond donors (Lipinski definition) is 1. The predicted molar refractivity (Wildman–Crippen MR) is 145 cm³/mol. The van der Waals surface area contributed by atoms with E-state index in [0.29, 0.717) is 32.6 Å². The first-order valence-electron chi connectivity index (χ1n) is 13.5. The van der Waals surface area contributed by atoms with Gasteiger partial charge in [-0.25, -0.2) is 13.5 Å². The molecule has 2 atom stereocenters. The molecule has 218 valence electrons. The highest BCUT2D eigenvalue weighted by Crippen LogP contribution is 2.29. The van der Waals surface area contributed by atoms with Crippen LogP contribution in [0.1, 0.15) is 55.3 Å². The van der Waals surface area contributed by atoms with Gasteiger partial charge in [0.25, 0.3) is 0 Å². The van der Waals surface area contributed by atoms with Crippen molar-refractivity contribution in [2.45, 2.75) is 63.7 Å². The number of carbonyl (C=O) groups excluding carboxylic acids is 1. The normalized spacial score (nSPS) is 20.4. The summed E-state index contributed by atoms with van der Waals surface area (Å²) in [6, 6.07) is 4.64. The number of hydrogen-bond acceptors (Lipinski definition) is 4. The van der Waals surface area contributed by atoms with Gasteiger partial charge in [-0.3, -0.25) is 9.69 Å². The van der Waals surface area contributed by atoms with E-state index in [4.69, 9.17) is 0 Å². The topological polar surface area (TPSA) is 102 Å². The van der Waals surface area contributed by atoms with Crippen LogP contribution < -0.4 is 5.32 Å². The number of aromatic nitrogens is 2. The van der Waals surface area contributed by atoms with Crippen molar-refractivity contribution in [3.05, 3.63) is 53.6 Å². The van der Waals surface area contributed by atoms with Gasteiger partial charge in [0.2, 0.25) is 5.91 Å². The van der Waals surface area contributed by atoms with Crippen LogP contribution >= 0.6 is 0 Å². The van der Waals surface area contributed by atoms with E-state index in [1.807, 2.05) is 4.57 Å². The highest BCUT2D eigenvalue weighted by Gasteiger charge is 2.34. The van der Waals surface area contributed by atoms with Crippen molar-refractivity contribution in [3.63, 3.8) is 0 Å². The highest BCUT2D eigenvalue weighted by molar-refractivity contribution is 7.81. The summed E-state index contributed by atoms with van der Waals surface area (Å²) in [6.45, 7) is 3.75. The first-order valence-corrected chi connectivity index (χ1v) is 15.0. The van der Waals surface area contributed by atoms with E-state index in [1.165, 1.54) is 44.2 Å². The van der Waals surface area contributed by atoms with E-state index in [2.05, 4.69) is 15.2 Å². The minimum atomic E-state index is -4.36. The summed E-state index contributed by atoms with van der Waals surface area (Å²) >= 11 is 0. The number of nitrogens with zero attached hydrogens (tertiary/aromatic N) is 4. The molecule has 0 radical (unpaired) electrons. The monoisotopic (exact) mass is 571 g/mol. The van der Waals surface area contributed by atoms with Crippen LogP contribution in [0.25, 0.3) is 0 Å². The molecule has 8 nitrogen and oxygen atoms in total. The number of carbonyl (C=O) groups is 1. The lowest BCUT2D eigenvalue weighted by Gasteiger charge is -2.39. The third kappa shape index (κ3) is 8.86. The second-order valence-corrected chi connectivity index (χ2v) is 11.7. The van der Waals surface area contributed by atoms with E-state index >= 15 is 0 Å². The van der Waals surface area contributed by atoms with Crippen LogP contribution in [0.5, 0.6) is 0 Å². The van der Waals surface area contributed by atoms with Gasteiger partial charge in [-0.15, -0.1) is 0 Å². The fourth-order valence-corrected chi connectivity index (χ4v) is 6.37. The molecule has 2 fully saturated rings. The van der Waals surface area contributed by atoms with Gasteiger partial charge in [-0.05, 0) is 36.6 Å². The molecule has 1 aliphatic heterocycles. The summed E-state index contributed by atoms with van der Waals surface area (Å²) in [5.41, 5.74) is 0.934. The maximum absolute atomic E-state index is 13.2. The zero-order chi connectivity index (χ0) is 27.1. The number of halogens is 3. The van der Waals surface area contributed by atoms with Crippen LogP contribution in [0.3, 0.4) is 0 Å². The Kier molecular flexibility index (Phi) is 11.5. The van der Waals surface area contributed by atoms with Gasteiger partial charge >= 0.3 is 6.18 Å². The molecule has 0 spiro atoms. The van der Waals surface area contributed by atoms with Gasteiger partial charge < -0.3 is 15.4 Å². The van der Waals surface area contributed by atoms with Crippen LogP contribution in [-0.4, -0.2) is 79.4 Å². The van der Waals surface area contributed by atoms with Crippen LogP contribution in [0, 0.1) is 5.92 Å². The lowest BCUT2D eigenvalue weighted by molar-refractivity contribution is -0.137. The van der Waals surface area contributed by atoms with Gasteiger partial charge in [-0.1, -0.05) is 44.2 Å². The molecule has 4 rings (SSSR count). The number of amides is 1. The molecule has 2 aromatic rings. The molecule has 12 heteroatoms. The fraction of sp³-hybridized carbons (Fsp3) is 0.630. The van der Waals surface area contributed by atoms with Crippen LogP contribution in [0.2, 0.25) is 0 Å². The molecule has 3 N–H and O–H groups in total. The Labute approximate surface area is 230 Å². The van der Waals surface area contributed by atoms with Crippen LogP contribution in [-0.2, 0) is 34.9 Å². The molecule has 1 aromatic heterocycles. The third-order valence-electron chi connectivity index (χ3n) is 7.74. The molecular weight excluding hydrogens is 531 g/mol. The summed E-state index contributed by atoms with van der Waals surface area (Å²) in [5, 5.41) is 3.01. The zero-order valence-corrected chi connectivity index (χ0v) is 23.3. The molecule has 1 aliphatic carbocycles. The fourth-order valence-electron chi connectivity index (χ4n) is 5.51. The largest absolute Gasteiger partial charge is 0.416 e. The smallest absolute Gasteiger partial charge is 0.412 e. The zero-order valence-electron chi connectivity index (χ0n) is 22.5. The molecule has 1 amide bonds. The first kappa shape index (κ1) is 31.3. The van der Waals surface area contributed by atoms with Gasteiger partial charge in [0.15, 0.2) is 0 Å². The number of rotatable bonds is 10. The van der Waals surface area contributed by atoms with E-state index in [9.17, 15) is 22.2 Å². The molecule has 2 heterocycles. The maximum atomic E-state index is 13.2. The minimum Gasteiger partial charge on any atom is -0.412 e. The second kappa shape index (κ2) is 14.4. The Morgan fingerprint density at radius 2 is 1.85 bits per heavy atom. The summed E-state index contributed by atoms with van der Waals surface area (Å²) in [5.74, 6) is 0.651. The number of alkyl halides is 3. The molecule has 39 heavy (non-hydrogen) atoms. The molecule has 1 saturated heterocycles. The second-order valence-electron chi connectivity index (χ2n) is 10.4. The number of nitrogens with one attached hydrogen (secondary N) is 1. The highest BCUT2D eigenvalue weighted by atomic mass is 32.2. The Morgan fingerprint density at radius 1 is 1.13 bits per heavy atom. The van der Waals surface area contributed by atoms with Crippen molar-refractivity contribution in [1.82, 2.24) is 24.1 Å². The standard InChI is InChI=1S/C27H38F3N5O2S.H2O/c1-38(37)35-16-15-33(14-12-21-5-3-2-4-6-21)19-25(35)26(36)32-13-11-24-17-31-20-34(24)18-22-7-9-23(10-8-22)27(28,29)30;/h7-10,17,20-21,25H,2-6,11-16,18-19H2,1H3,(H,32,36);1H2. The van der Waals surface area contributed by atoms with E-state index in [1.54, 1.807) is 23.1 Å². The Morgan fingerprint density at radius 3 is 2.51 bits per heavy atom. The van der Waals surface area contributed by atoms with Crippen LogP contribution in [0.15, 0.2) is 36.8 Å². The Balaban J connectivity index is 0.00000420. The van der Waals surface area contributed by atoms with E-state index in [0.717, 1.165) is 48.8 Å². The van der Waals surface area contributed by atoms with Crippen molar-refractivity contribution in [2.75, 3.05) is 39.0 Å². The lowest BCUT2D eigenvalue weighted by atomic mass is 9.87. The number of piperazine rings is 1. The van der Waals surface area contributed by atoms with Gasteiger partial charge in [0.05, 0.1) is 22.9 Å². The van der Waals surface area contributed by atoms with Crippen molar-refractivity contribution in [2.24, 2.45) is 5.92 Å². The maximum Gasteiger partial charge on any atom is 0.416 e. The Bertz CT molecular complexity index is 1070. The van der Waals surface area contributed by atoms with E-state index < -0.39 is 28.8 Å². The number of benzene rings is 1. The summed E-state index contributed by atoms with van der Waals surface area (Å²) < 4.78 is 54.5. The quantitative estimate of drug-likeness (QED) is 0.474. The molecule has 2 unspecified atom stereocenters. The van der Waals surface area contributed by atoms with Gasteiger partial charge in [0, 0.05) is 57.3 Å². The minimum absolute atomic E-state index is 0. The first-order chi connectivity index (χ1) is 18.2. The molecule has 1 aromatic carbocycles. The number of imidazole rings is 1. The van der Waals surface area contributed by atoms with Gasteiger partial charge in [0.1, 0.15) is 6.04 Å². The van der Waals surface area contributed by atoms with Crippen LogP contribution in [0.4, 0.5) is 13.2 Å². The molecule has 2 aliphatic rings. The SMILES string of the molecule is CS(=O)N1CCN(CCC2CCCCC2)CC1C(=O)NCCc1cncn1Cc1ccc(C(F)(F)F)cc1.O. The van der Waals surface area contributed by atoms with Gasteiger partial charge in [-0.2, -0.15) is 13.2 Å². The average molecular weight is 572 g/mol. The van der Waals surface area contributed by atoms with Crippen molar-refractivity contribution >= 4 is 16.9 Å². The predicted octanol–water partition coefficient (Wildman–Crippen LogP) is 3.03.